The largest absolute Gasteiger partial charge is 0.459 e. The van der Waals surface area contributed by atoms with Gasteiger partial charge in [-0.15, -0.1) is 5.10 Å². The van der Waals surface area contributed by atoms with E-state index in [0.717, 1.165) is 5.56 Å². The molecule has 0 bridgehead atoms. The van der Waals surface area contributed by atoms with Gasteiger partial charge in [0, 0.05) is 5.57 Å². The van der Waals surface area contributed by atoms with Gasteiger partial charge in [-0.05, 0) is 37.6 Å². The van der Waals surface area contributed by atoms with Gasteiger partial charge in [-0.3, -0.25) is 10.1 Å². The molecule has 2 unspecified atom stereocenters. The van der Waals surface area contributed by atoms with E-state index in [-0.39, 0.29) is 11.9 Å². The molecule has 2 aliphatic rings. The number of nitrogens with one attached hydrogen (secondary N) is 1. The molecule has 0 radical (unpaired) electrons. The second-order valence-electron chi connectivity index (χ2n) is 7.12. The summed E-state index contributed by atoms with van der Waals surface area (Å²) in [5.41, 5.74) is 1.79. The molecule has 9 nitrogen and oxygen atoms in total. The molecule has 4 heterocycles. The van der Waals surface area contributed by atoms with Crippen LogP contribution in [-0.2, 0) is 9.63 Å². The van der Waals surface area contributed by atoms with Crippen molar-refractivity contribution < 1.29 is 18.5 Å². The number of amides is 1. The number of dihydropyridines is 1. The topological polar surface area (TPSA) is 115 Å². The predicted octanol–water partition coefficient (Wildman–Crippen LogP) is 3.44. The average Bonchev–Trinajstić information content (AvgIpc) is 3.50. The van der Waals surface area contributed by atoms with E-state index in [0.29, 0.717) is 22.8 Å². The van der Waals surface area contributed by atoms with Crippen LogP contribution in [0.5, 0.6) is 0 Å². The zero-order valence-electron chi connectivity index (χ0n) is 16.2. The summed E-state index contributed by atoms with van der Waals surface area (Å²) in [6.45, 7) is 3.69. The molecular weight excluding hydrogens is 386 g/mol. The second kappa shape index (κ2) is 6.80. The van der Waals surface area contributed by atoms with E-state index >= 15 is 0 Å². The molecule has 1 aromatic carbocycles. The zero-order chi connectivity index (χ0) is 20.7. The first-order valence-electron chi connectivity index (χ1n) is 9.31. The van der Waals surface area contributed by atoms with Crippen LogP contribution in [0.15, 0.2) is 79.4 Å². The van der Waals surface area contributed by atoms with Crippen molar-refractivity contribution in [3.8, 4) is 11.7 Å². The number of oxime groups is 1. The van der Waals surface area contributed by atoms with Gasteiger partial charge in [0.2, 0.25) is 6.23 Å². The Balaban J connectivity index is 1.48. The van der Waals surface area contributed by atoms with Crippen molar-refractivity contribution in [2.24, 2.45) is 15.6 Å². The van der Waals surface area contributed by atoms with Crippen molar-refractivity contribution >= 4 is 23.3 Å². The van der Waals surface area contributed by atoms with E-state index in [1.165, 1.54) is 6.26 Å². The molecule has 30 heavy (non-hydrogen) atoms. The van der Waals surface area contributed by atoms with Crippen molar-refractivity contribution in [1.82, 2.24) is 10.2 Å². The number of nitrogens with zero attached hydrogens (tertiary/aromatic N) is 4. The van der Waals surface area contributed by atoms with E-state index in [4.69, 9.17) is 13.7 Å². The summed E-state index contributed by atoms with van der Waals surface area (Å²) in [6, 6.07) is 12.9. The Kier molecular flexibility index (Phi) is 4.09. The van der Waals surface area contributed by atoms with E-state index in [9.17, 15) is 4.79 Å². The molecule has 0 aliphatic carbocycles. The van der Waals surface area contributed by atoms with Crippen molar-refractivity contribution in [3.05, 3.63) is 65.9 Å². The van der Waals surface area contributed by atoms with Crippen LogP contribution in [0.2, 0.25) is 0 Å². The Labute approximate surface area is 171 Å². The van der Waals surface area contributed by atoms with Gasteiger partial charge in [0.15, 0.2) is 5.76 Å². The first-order chi connectivity index (χ1) is 14.6. The van der Waals surface area contributed by atoms with Crippen molar-refractivity contribution in [3.63, 3.8) is 0 Å². The predicted molar refractivity (Wildman–Crippen MR) is 108 cm³/mol. The normalized spacial score (nSPS) is 22.5. The van der Waals surface area contributed by atoms with Gasteiger partial charge in [0.1, 0.15) is 0 Å². The lowest BCUT2D eigenvalue weighted by atomic mass is 9.74. The SMILES string of the molecule is CC1=NOC2N=C(c3ccccc3)C=C(C(=O)Nc3nnc(-c4ccco4)o3)C12C. The third-order valence-corrected chi connectivity index (χ3v) is 5.32. The van der Waals surface area contributed by atoms with Crippen LogP contribution in [-0.4, -0.2) is 33.8 Å². The van der Waals surface area contributed by atoms with Crippen LogP contribution in [0.3, 0.4) is 0 Å². The number of rotatable bonds is 4. The number of hydrogen-bond donors (Lipinski definition) is 1. The average molecular weight is 403 g/mol. The van der Waals surface area contributed by atoms with E-state index in [2.05, 4.69) is 25.7 Å². The highest BCUT2D eigenvalue weighted by Crippen LogP contribution is 2.43. The van der Waals surface area contributed by atoms with Crippen LogP contribution in [0, 0.1) is 5.41 Å². The van der Waals surface area contributed by atoms with Gasteiger partial charge in [-0.2, -0.15) is 0 Å². The summed E-state index contributed by atoms with van der Waals surface area (Å²) in [4.78, 5) is 23.4. The maximum absolute atomic E-state index is 13.2. The molecule has 0 saturated heterocycles. The van der Waals surface area contributed by atoms with Gasteiger partial charge in [-0.1, -0.05) is 40.6 Å². The van der Waals surface area contributed by atoms with Crippen LogP contribution >= 0.6 is 0 Å². The number of hydrogen-bond acceptors (Lipinski definition) is 8. The lowest BCUT2D eigenvalue weighted by molar-refractivity contribution is -0.114. The first kappa shape index (κ1) is 18.0. The Morgan fingerprint density at radius 2 is 1.97 bits per heavy atom. The minimum absolute atomic E-state index is 0.0373. The quantitative estimate of drug-likeness (QED) is 0.714. The highest BCUT2D eigenvalue weighted by Gasteiger charge is 2.51. The third-order valence-electron chi connectivity index (χ3n) is 5.32. The number of anilines is 1. The molecule has 5 rings (SSSR count). The van der Waals surface area contributed by atoms with E-state index in [1.807, 2.05) is 44.2 Å². The number of furan rings is 1. The minimum atomic E-state index is -0.813. The van der Waals surface area contributed by atoms with Crippen molar-refractivity contribution in [2.75, 3.05) is 5.32 Å². The van der Waals surface area contributed by atoms with Crippen LogP contribution in [0.25, 0.3) is 11.7 Å². The fourth-order valence-corrected chi connectivity index (χ4v) is 3.44. The summed E-state index contributed by atoms with van der Waals surface area (Å²) in [5.74, 6) is 0.184. The fraction of sp³-hybridized carbons (Fsp3) is 0.190. The highest BCUT2D eigenvalue weighted by atomic mass is 16.7. The van der Waals surface area contributed by atoms with Crippen LogP contribution < -0.4 is 5.32 Å². The molecule has 9 heteroatoms. The molecule has 1 amide bonds. The summed E-state index contributed by atoms with van der Waals surface area (Å²) in [7, 11) is 0. The molecule has 0 spiro atoms. The number of benzene rings is 1. The lowest BCUT2D eigenvalue weighted by Gasteiger charge is -2.32. The Bertz CT molecular complexity index is 1190. The Morgan fingerprint density at radius 1 is 1.13 bits per heavy atom. The third kappa shape index (κ3) is 2.83. The van der Waals surface area contributed by atoms with Crippen LogP contribution in [0.4, 0.5) is 6.01 Å². The number of carbonyl (C=O) groups excluding carboxylic acids is 1. The second-order valence-corrected chi connectivity index (χ2v) is 7.12. The van der Waals surface area contributed by atoms with Crippen molar-refractivity contribution in [2.45, 2.75) is 20.1 Å². The summed E-state index contributed by atoms with van der Waals surface area (Å²) < 4.78 is 10.7. The lowest BCUT2D eigenvalue weighted by Crippen LogP contribution is -2.43. The van der Waals surface area contributed by atoms with E-state index in [1.54, 1.807) is 18.2 Å². The van der Waals surface area contributed by atoms with Crippen LogP contribution in [0.1, 0.15) is 19.4 Å². The Morgan fingerprint density at radius 3 is 2.73 bits per heavy atom. The summed E-state index contributed by atoms with van der Waals surface area (Å²) in [5, 5.41) is 14.5. The van der Waals surface area contributed by atoms with Gasteiger partial charge in [0.25, 0.3) is 11.8 Å². The fourth-order valence-electron chi connectivity index (χ4n) is 3.44. The molecule has 2 aromatic heterocycles. The Hall–Kier alpha value is -4.01. The maximum atomic E-state index is 13.2. The number of allylic oxidation sites excluding steroid dienone is 1. The van der Waals surface area contributed by atoms with E-state index < -0.39 is 17.6 Å². The smallest absolute Gasteiger partial charge is 0.322 e. The standard InChI is InChI=1S/C21H17N5O4/c1-12-21(2)14(11-15(22-19(21)30-26-12)13-7-4-3-5-8-13)17(27)23-20-25-24-18(29-20)16-9-6-10-28-16/h3-11,19H,1-2H3,(H,23,25,27). The van der Waals surface area contributed by atoms with Crippen molar-refractivity contribution in [1.29, 1.82) is 0 Å². The zero-order valence-corrected chi connectivity index (χ0v) is 16.2. The molecule has 0 fully saturated rings. The monoisotopic (exact) mass is 403 g/mol. The molecule has 2 aliphatic heterocycles. The first-order valence-corrected chi connectivity index (χ1v) is 9.31. The van der Waals surface area contributed by atoms with Gasteiger partial charge in [0.05, 0.1) is 23.1 Å². The maximum Gasteiger partial charge on any atom is 0.322 e. The summed E-state index contributed by atoms with van der Waals surface area (Å²) >= 11 is 0. The molecular formula is C21H17N5O4. The van der Waals surface area contributed by atoms with Gasteiger partial charge < -0.3 is 13.7 Å². The number of carbonyl (C=O) groups is 1. The highest BCUT2D eigenvalue weighted by molar-refractivity contribution is 6.19. The van der Waals surface area contributed by atoms with Gasteiger partial charge >= 0.3 is 6.01 Å². The number of aromatic nitrogens is 2. The molecule has 2 atom stereocenters. The molecule has 1 N–H and O–H groups in total. The number of aliphatic imine (C=N–C) groups is 1. The van der Waals surface area contributed by atoms with Gasteiger partial charge in [-0.25, -0.2) is 4.99 Å². The molecule has 0 saturated carbocycles. The minimum Gasteiger partial charge on any atom is -0.459 e. The molecule has 150 valence electrons. The molecule has 3 aromatic rings. The summed E-state index contributed by atoms with van der Waals surface area (Å²) in [6.07, 6.45) is 2.61. The number of fused-ring (bicyclic) bond motifs is 1.